The van der Waals surface area contributed by atoms with Crippen LogP contribution >= 0.6 is 0 Å². The van der Waals surface area contributed by atoms with Crippen molar-refractivity contribution in [1.82, 2.24) is 15.1 Å². The average molecular weight is 265 g/mol. The second kappa shape index (κ2) is 6.44. The molecule has 1 aromatic heterocycles. The highest BCUT2D eigenvalue weighted by Gasteiger charge is 2.23. The number of nitrogens with two attached hydrogens (primary N) is 1. The summed E-state index contributed by atoms with van der Waals surface area (Å²) in [6.07, 6.45) is 1.68. The van der Waals surface area contributed by atoms with E-state index >= 15 is 0 Å². The van der Waals surface area contributed by atoms with Gasteiger partial charge in [0, 0.05) is 32.9 Å². The highest BCUT2D eigenvalue weighted by atomic mass is 16.5. The van der Waals surface area contributed by atoms with Crippen molar-refractivity contribution in [2.75, 3.05) is 44.7 Å². The van der Waals surface area contributed by atoms with E-state index in [2.05, 4.69) is 10.2 Å². The number of carbonyl (C=O) groups excluding carboxylic acids is 1. The van der Waals surface area contributed by atoms with E-state index in [1.807, 2.05) is 29.0 Å². The Morgan fingerprint density at radius 1 is 1.68 bits per heavy atom. The Morgan fingerprint density at radius 2 is 2.53 bits per heavy atom. The second-order valence-electron chi connectivity index (χ2n) is 4.66. The maximum absolute atomic E-state index is 10.9. The first-order valence-corrected chi connectivity index (χ1v) is 6.26. The summed E-state index contributed by atoms with van der Waals surface area (Å²) in [5.41, 5.74) is 5.21. The van der Waals surface area contributed by atoms with Crippen LogP contribution in [0.15, 0.2) is 18.3 Å². The Morgan fingerprint density at radius 3 is 3.21 bits per heavy atom. The predicted molar refractivity (Wildman–Crippen MR) is 70.7 cm³/mol. The fourth-order valence-electron chi connectivity index (χ4n) is 2.15. The van der Waals surface area contributed by atoms with Crippen LogP contribution < -0.4 is 10.6 Å². The largest absolute Gasteiger partial charge is 0.374 e. The molecule has 7 nitrogen and oxygen atoms in total. The van der Waals surface area contributed by atoms with Crippen LogP contribution in [0.3, 0.4) is 0 Å². The number of aromatic nitrogens is 2. The fraction of sp³-hybridized carbons (Fsp3) is 0.583. The molecular weight excluding hydrogens is 246 g/mol. The van der Waals surface area contributed by atoms with E-state index in [4.69, 9.17) is 10.5 Å². The van der Waals surface area contributed by atoms with Gasteiger partial charge in [-0.2, -0.15) is 5.10 Å². The first-order valence-electron chi connectivity index (χ1n) is 6.26. The molecule has 1 amide bonds. The van der Waals surface area contributed by atoms with Crippen LogP contribution in [0.4, 0.5) is 5.82 Å². The van der Waals surface area contributed by atoms with Crippen molar-refractivity contribution in [3.8, 4) is 0 Å². The van der Waals surface area contributed by atoms with Gasteiger partial charge in [0.2, 0.25) is 5.91 Å². The number of rotatable bonds is 5. The van der Waals surface area contributed by atoms with Crippen molar-refractivity contribution in [3.05, 3.63) is 18.3 Å². The lowest BCUT2D eigenvalue weighted by Crippen LogP contribution is -2.49. The third kappa shape index (κ3) is 4.15. The molecule has 0 aromatic carbocycles. The fourth-order valence-corrected chi connectivity index (χ4v) is 2.15. The van der Waals surface area contributed by atoms with E-state index in [0.29, 0.717) is 19.7 Å². The molecule has 2 heterocycles. The Labute approximate surface area is 112 Å². The molecule has 1 aliphatic heterocycles. The summed E-state index contributed by atoms with van der Waals surface area (Å²) in [7, 11) is 1.94. The SMILES string of the molecule is CN(C[C@H]1CN(CC(N)=O)CCO1)c1cccnn1. The Kier molecular flexibility index (Phi) is 4.64. The van der Waals surface area contributed by atoms with E-state index in [-0.39, 0.29) is 18.6 Å². The number of carbonyl (C=O) groups is 1. The summed E-state index contributed by atoms with van der Waals surface area (Å²) in [5, 5.41) is 7.89. The molecule has 1 aliphatic rings. The highest BCUT2D eigenvalue weighted by Crippen LogP contribution is 2.10. The van der Waals surface area contributed by atoms with Crippen molar-refractivity contribution in [1.29, 1.82) is 0 Å². The van der Waals surface area contributed by atoms with Crippen LogP contribution in [0.5, 0.6) is 0 Å². The minimum absolute atomic E-state index is 0.0418. The van der Waals surface area contributed by atoms with Crippen LogP contribution in [-0.2, 0) is 9.53 Å². The van der Waals surface area contributed by atoms with E-state index in [0.717, 1.165) is 12.4 Å². The molecular formula is C12H19N5O2. The molecule has 1 saturated heterocycles. The van der Waals surface area contributed by atoms with Crippen molar-refractivity contribution in [2.45, 2.75) is 6.10 Å². The molecule has 1 aromatic rings. The third-order valence-corrected chi connectivity index (χ3v) is 3.03. The minimum atomic E-state index is -0.303. The number of likely N-dealkylation sites (N-methyl/N-ethyl adjacent to an activating group) is 1. The number of anilines is 1. The summed E-state index contributed by atoms with van der Waals surface area (Å²) in [6.45, 7) is 3.05. The summed E-state index contributed by atoms with van der Waals surface area (Å²) in [4.78, 5) is 14.9. The molecule has 0 saturated carbocycles. The molecule has 1 atom stereocenters. The predicted octanol–water partition coefficient (Wildman–Crippen LogP) is -0.901. The van der Waals surface area contributed by atoms with Crippen molar-refractivity contribution >= 4 is 11.7 Å². The number of hydrogen-bond donors (Lipinski definition) is 1. The van der Waals surface area contributed by atoms with Gasteiger partial charge in [0.25, 0.3) is 0 Å². The quantitative estimate of drug-likeness (QED) is 0.742. The normalized spacial score (nSPS) is 20.2. The number of primary amides is 1. The number of hydrogen-bond acceptors (Lipinski definition) is 6. The molecule has 104 valence electrons. The topological polar surface area (TPSA) is 84.6 Å². The van der Waals surface area contributed by atoms with E-state index in [1.165, 1.54) is 0 Å². The first kappa shape index (κ1) is 13.7. The van der Waals surface area contributed by atoms with Gasteiger partial charge in [-0.25, -0.2) is 0 Å². The average Bonchev–Trinajstić information content (AvgIpc) is 2.39. The number of ether oxygens (including phenoxy) is 1. The molecule has 2 rings (SSSR count). The van der Waals surface area contributed by atoms with E-state index in [9.17, 15) is 4.79 Å². The molecule has 0 radical (unpaired) electrons. The zero-order chi connectivity index (χ0) is 13.7. The molecule has 7 heteroatoms. The van der Waals surface area contributed by atoms with Gasteiger partial charge in [0.05, 0.1) is 19.3 Å². The van der Waals surface area contributed by atoms with Gasteiger partial charge >= 0.3 is 0 Å². The molecule has 2 N–H and O–H groups in total. The van der Waals surface area contributed by atoms with Crippen LogP contribution in [0.1, 0.15) is 0 Å². The maximum Gasteiger partial charge on any atom is 0.231 e. The standard InChI is InChI=1S/C12H19N5O2/c1-16(12-3-2-4-14-15-12)7-10-8-17(5-6-19-10)9-11(13)18/h2-4,10H,5-9H2,1H3,(H2,13,18)/t10-/m0/s1. The van der Waals surface area contributed by atoms with Crippen LogP contribution in [0, 0.1) is 0 Å². The smallest absolute Gasteiger partial charge is 0.231 e. The van der Waals surface area contributed by atoms with E-state index in [1.54, 1.807) is 6.20 Å². The van der Waals surface area contributed by atoms with Crippen molar-refractivity contribution < 1.29 is 9.53 Å². The van der Waals surface area contributed by atoms with Crippen molar-refractivity contribution in [2.24, 2.45) is 5.73 Å². The minimum Gasteiger partial charge on any atom is -0.374 e. The Balaban J connectivity index is 1.86. The number of amides is 1. The van der Waals surface area contributed by atoms with E-state index < -0.39 is 0 Å². The lowest BCUT2D eigenvalue weighted by atomic mass is 10.2. The second-order valence-corrected chi connectivity index (χ2v) is 4.66. The molecule has 19 heavy (non-hydrogen) atoms. The number of morpholine rings is 1. The molecule has 1 fully saturated rings. The maximum atomic E-state index is 10.9. The molecule has 0 spiro atoms. The molecule has 0 aliphatic carbocycles. The monoisotopic (exact) mass is 265 g/mol. The van der Waals surface area contributed by atoms with Gasteiger partial charge in [-0.15, -0.1) is 5.10 Å². The zero-order valence-corrected chi connectivity index (χ0v) is 11.0. The zero-order valence-electron chi connectivity index (χ0n) is 11.0. The van der Waals surface area contributed by atoms with Crippen molar-refractivity contribution in [3.63, 3.8) is 0 Å². The van der Waals surface area contributed by atoms with Crippen LogP contribution in [-0.4, -0.2) is 66.9 Å². The lowest BCUT2D eigenvalue weighted by Gasteiger charge is -2.34. The van der Waals surface area contributed by atoms with Crippen LogP contribution in [0.25, 0.3) is 0 Å². The third-order valence-electron chi connectivity index (χ3n) is 3.03. The van der Waals surface area contributed by atoms with Gasteiger partial charge < -0.3 is 15.4 Å². The Hall–Kier alpha value is -1.73. The first-order chi connectivity index (χ1) is 9.15. The molecule has 0 bridgehead atoms. The van der Waals surface area contributed by atoms with Gasteiger partial charge in [-0.05, 0) is 12.1 Å². The summed E-state index contributed by atoms with van der Waals surface area (Å²) in [5.74, 6) is 0.501. The lowest BCUT2D eigenvalue weighted by molar-refractivity contribution is -0.121. The van der Waals surface area contributed by atoms with Gasteiger partial charge in [-0.1, -0.05) is 0 Å². The molecule has 0 unspecified atom stereocenters. The van der Waals surface area contributed by atoms with Crippen LogP contribution in [0.2, 0.25) is 0 Å². The van der Waals surface area contributed by atoms with Gasteiger partial charge in [-0.3, -0.25) is 9.69 Å². The summed E-state index contributed by atoms with van der Waals surface area (Å²) in [6, 6.07) is 3.75. The van der Waals surface area contributed by atoms with Gasteiger partial charge in [0.1, 0.15) is 0 Å². The van der Waals surface area contributed by atoms with Gasteiger partial charge in [0.15, 0.2) is 5.82 Å². The number of nitrogens with zero attached hydrogens (tertiary/aromatic N) is 4. The Bertz CT molecular complexity index is 414. The summed E-state index contributed by atoms with van der Waals surface area (Å²) < 4.78 is 5.70. The highest BCUT2D eigenvalue weighted by molar-refractivity contribution is 5.75. The summed E-state index contributed by atoms with van der Waals surface area (Å²) >= 11 is 0.